The van der Waals surface area contributed by atoms with Gasteiger partial charge >= 0.3 is 0 Å². The molecule has 0 saturated carbocycles. The van der Waals surface area contributed by atoms with Crippen LogP contribution >= 0.6 is 11.8 Å². The lowest BCUT2D eigenvalue weighted by atomic mass is 10.0. The molecule has 0 saturated heterocycles. The molecule has 0 aromatic rings. The fourth-order valence-corrected chi connectivity index (χ4v) is 4.13. The molecule has 28 heavy (non-hydrogen) atoms. The molecular weight excluding hydrogens is 368 g/mol. The van der Waals surface area contributed by atoms with E-state index >= 15 is 0 Å². The molecule has 0 aliphatic heterocycles. The van der Waals surface area contributed by atoms with Crippen LogP contribution in [0.15, 0.2) is 0 Å². The lowest BCUT2D eigenvalue weighted by Gasteiger charge is -2.11. The van der Waals surface area contributed by atoms with Gasteiger partial charge in [-0.15, -0.1) is 0 Å². The summed E-state index contributed by atoms with van der Waals surface area (Å²) in [5, 5.41) is 3.00. The summed E-state index contributed by atoms with van der Waals surface area (Å²) in [5.41, 5.74) is 5.54. The number of carbonyl (C=O) groups is 1. The highest BCUT2D eigenvalue weighted by atomic mass is 32.2. The Bertz CT molecular complexity index is 326. The molecule has 0 aliphatic rings. The highest BCUT2D eigenvalue weighted by Crippen LogP contribution is 2.13. The van der Waals surface area contributed by atoms with Gasteiger partial charge in [-0.25, -0.2) is 0 Å². The minimum atomic E-state index is -0.0358. The van der Waals surface area contributed by atoms with E-state index in [9.17, 15) is 4.79 Å². The Morgan fingerprint density at radius 1 is 0.821 bits per heavy atom. The van der Waals surface area contributed by atoms with Crippen molar-refractivity contribution in [3.8, 4) is 0 Å². The predicted molar refractivity (Wildman–Crippen MR) is 125 cm³/mol. The molecule has 0 fully saturated rings. The van der Waals surface area contributed by atoms with Crippen LogP contribution in [0, 0.1) is 0 Å². The van der Waals surface area contributed by atoms with Crippen LogP contribution in [0.4, 0.5) is 4.79 Å². The van der Waals surface area contributed by atoms with E-state index < -0.39 is 0 Å². The molecule has 4 nitrogen and oxygen atoms in total. The Kier molecular flexibility index (Phi) is 22.8. The van der Waals surface area contributed by atoms with Crippen molar-refractivity contribution in [2.75, 3.05) is 26.0 Å². The molecule has 0 aliphatic carbocycles. The molecule has 1 amide bonds. The molecule has 0 heterocycles. The van der Waals surface area contributed by atoms with Gasteiger partial charge in [0.25, 0.3) is 5.24 Å². The van der Waals surface area contributed by atoms with Gasteiger partial charge in [-0.1, -0.05) is 115 Å². The van der Waals surface area contributed by atoms with Gasteiger partial charge in [0, 0.05) is 26.0 Å². The Hall–Kier alpha value is -0.260. The van der Waals surface area contributed by atoms with E-state index in [0.717, 1.165) is 13.0 Å². The summed E-state index contributed by atoms with van der Waals surface area (Å²) in [6.07, 6.45) is 21.9. The van der Waals surface area contributed by atoms with E-state index in [4.69, 9.17) is 10.5 Å². The first kappa shape index (κ1) is 27.7. The first-order chi connectivity index (χ1) is 13.7. The molecule has 0 rings (SSSR count). The van der Waals surface area contributed by atoms with Crippen molar-refractivity contribution in [3.05, 3.63) is 0 Å². The second-order valence-corrected chi connectivity index (χ2v) is 8.91. The molecule has 1 unspecified atom stereocenters. The van der Waals surface area contributed by atoms with E-state index in [1.807, 2.05) is 0 Å². The average Bonchev–Trinajstić information content (AvgIpc) is 2.71. The van der Waals surface area contributed by atoms with Gasteiger partial charge in [-0.3, -0.25) is 4.79 Å². The highest BCUT2D eigenvalue weighted by Gasteiger charge is 2.08. The van der Waals surface area contributed by atoms with Gasteiger partial charge in [0.2, 0.25) is 0 Å². The molecule has 3 N–H and O–H groups in total. The number of unbranched alkanes of at least 4 members (excludes halogenated alkanes) is 15. The normalized spacial score (nSPS) is 12.2. The van der Waals surface area contributed by atoms with Crippen LogP contribution in [-0.4, -0.2) is 37.3 Å². The number of carbonyl (C=O) groups excluding carboxylic acids is 1. The highest BCUT2D eigenvalue weighted by molar-refractivity contribution is 8.13. The Balaban J connectivity index is 3.16. The summed E-state index contributed by atoms with van der Waals surface area (Å²) in [7, 11) is 1.63. The summed E-state index contributed by atoms with van der Waals surface area (Å²) < 4.78 is 5.16. The van der Waals surface area contributed by atoms with E-state index in [-0.39, 0.29) is 11.3 Å². The van der Waals surface area contributed by atoms with Gasteiger partial charge in [-0.05, 0) is 6.42 Å². The van der Waals surface area contributed by atoms with Crippen molar-refractivity contribution in [1.82, 2.24) is 5.32 Å². The van der Waals surface area contributed by atoms with Crippen LogP contribution < -0.4 is 11.1 Å². The number of nitrogens with one attached hydrogen (secondary N) is 1. The van der Waals surface area contributed by atoms with E-state index in [1.165, 1.54) is 108 Å². The number of thioether (sulfide) groups is 1. The smallest absolute Gasteiger partial charge is 0.279 e. The molecule has 0 aromatic carbocycles. The number of nitrogens with two attached hydrogens (primary N) is 1. The lowest BCUT2D eigenvalue weighted by molar-refractivity contribution is 0.129. The van der Waals surface area contributed by atoms with Crippen molar-refractivity contribution in [2.45, 2.75) is 116 Å². The maximum Gasteiger partial charge on any atom is 0.279 e. The largest absolute Gasteiger partial charge is 0.379 e. The summed E-state index contributed by atoms with van der Waals surface area (Å²) in [6.45, 7) is 3.52. The zero-order valence-electron chi connectivity index (χ0n) is 18.8. The minimum absolute atomic E-state index is 0.0358. The fourth-order valence-electron chi connectivity index (χ4n) is 3.32. The number of hydrogen-bond donors (Lipinski definition) is 2. The predicted octanol–water partition coefficient (Wildman–Crippen LogP) is 6.66. The quantitative estimate of drug-likeness (QED) is 0.205. The molecule has 5 heteroatoms. The van der Waals surface area contributed by atoms with Gasteiger partial charge in [0.1, 0.15) is 0 Å². The summed E-state index contributed by atoms with van der Waals surface area (Å²) in [4.78, 5) is 11.7. The number of hydrogen-bond acceptors (Lipinski definition) is 4. The van der Waals surface area contributed by atoms with Crippen molar-refractivity contribution < 1.29 is 9.53 Å². The van der Waals surface area contributed by atoms with Crippen molar-refractivity contribution in [1.29, 1.82) is 0 Å². The second kappa shape index (κ2) is 23.0. The zero-order valence-corrected chi connectivity index (χ0v) is 19.6. The molecule has 1 atom stereocenters. The molecule has 0 bridgehead atoms. The van der Waals surface area contributed by atoms with Crippen LogP contribution in [0.3, 0.4) is 0 Å². The van der Waals surface area contributed by atoms with E-state index in [1.54, 1.807) is 7.11 Å². The SMILES string of the molecule is CCCCCCCCCCCCCCCCCCNC(=O)SCC(CN)OC. The van der Waals surface area contributed by atoms with Crippen LogP contribution in [-0.2, 0) is 4.74 Å². The van der Waals surface area contributed by atoms with Crippen LogP contribution in [0.25, 0.3) is 0 Å². The number of amides is 1. The molecule has 0 radical (unpaired) electrons. The van der Waals surface area contributed by atoms with Crippen LogP contribution in [0.2, 0.25) is 0 Å². The maximum atomic E-state index is 11.7. The third-order valence-corrected chi connectivity index (χ3v) is 6.24. The Labute approximate surface area is 179 Å². The number of methoxy groups -OCH3 is 1. The lowest BCUT2D eigenvalue weighted by Crippen LogP contribution is -2.27. The maximum absolute atomic E-state index is 11.7. The van der Waals surface area contributed by atoms with E-state index in [2.05, 4.69) is 12.2 Å². The second-order valence-electron chi connectivity index (χ2n) is 7.92. The Morgan fingerprint density at radius 3 is 1.64 bits per heavy atom. The van der Waals surface area contributed by atoms with Crippen molar-refractivity contribution in [3.63, 3.8) is 0 Å². The summed E-state index contributed by atoms with van der Waals surface area (Å²) in [6, 6.07) is 0. The van der Waals surface area contributed by atoms with Crippen molar-refractivity contribution >= 4 is 17.0 Å². The monoisotopic (exact) mass is 416 g/mol. The van der Waals surface area contributed by atoms with Gasteiger partial charge < -0.3 is 15.8 Å². The van der Waals surface area contributed by atoms with Gasteiger partial charge in [0.05, 0.1) is 6.10 Å². The zero-order chi connectivity index (χ0) is 20.7. The topological polar surface area (TPSA) is 64.4 Å². The first-order valence-electron chi connectivity index (χ1n) is 11.9. The third-order valence-electron chi connectivity index (χ3n) is 5.30. The molecule has 168 valence electrons. The molecular formula is C23H48N2O2S. The number of rotatable bonds is 21. The standard InChI is InChI=1S/C23H48N2O2S/c1-3-4-5-6-7-8-9-10-11-12-13-14-15-16-17-18-19-25-23(26)28-21-22(20-24)27-2/h22H,3-21,24H2,1-2H3,(H,25,26). The van der Waals surface area contributed by atoms with Crippen LogP contribution in [0.5, 0.6) is 0 Å². The van der Waals surface area contributed by atoms with Crippen LogP contribution in [0.1, 0.15) is 110 Å². The Morgan fingerprint density at radius 2 is 1.25 bits per heavy atom. The first-order valence-corrected chi connectivity index (χ1v) is 12.9. The molecule has 0 aromatic heterocycles. The van der Waals surface area contributed by atoms with Crippen molar-refractivity contribution in [2.24, 2.45) is 5.73 Å². The molecule has 0 spiro atoms. The number of ether oxygens (including phenoxy) is 1. The fraction of sp³-hybridized carbons (Fsp3) is 0.957. The van der Waals surface area contributed by atoms with Gasteiger partial charge in [-0.2, -0.15) is 0 Å². The van der Waals surface area contributed by atoms with E-state index in [0.29, 0.717) is 12.3 Å². The average molecular weight is 417 g/mol. The summed E-state index contributed by atoms with van der Waals surface area (Å²) >= 11 is 1.27. The van der Waals surface area contributed by atoms with Gasteiger partial charge in [0.15, 0.2) is 0 Å². The summed E-state index contributed by atoms with van der Waals surface area (Å²) in [5.74, 6) is 0.623. The third kappa shape index (κ3) is 20.5. The minimum Gasteiger partial charge on any atom is -0.379 e.